The number of aliphatic hydroxyl groups is 2. The summed E-state index contributed by atoms with van der Waals surface area (Å²) in [4.78, 5) is 58.5. The van der Waals surface area contributed by atoms with Crippen molar-refractivity contribution in [2.24, 2.45) is 0 Å². The summed E-state index contributed by atoms with van der Waals surface area (Å²) >= 11 is 0. The lowest BCUT2D eigenvalue weighted by Crippen LogP contribution is -2.29. The molecule has 0 bridgehead atoms. The van der Waals surface area contributed by atoms with Gasteiger partial charge in [0.25, 0.3) is 0 Å². The predicted molar refractivity (Wildman–Crippen MR) is 398 cm³/mol. The third-order valence-electron chi connectivity index (χ3n) is 13.5. The maximum atomic E-state index is 12.9. The zero-order valence-electron chi connectivity index (χ0n) is 58.9. The van der Waals surface area contributed by atoms with Crippen LogP contribution in [0.3, 0.4) is 0 Å². The first-order chi connectivity index (χ1) is 47.2. The van der Waals surface area contributed by atoms with Crippen LogP contribution in [-0.4, -0.2) is 95.9 Å². The Balaban J connectivity index is 4.88. The van der Waals surface area contributed by atoms with Gasteiger partial charge in [-0.15, -0.1) is 0 Å². The predicted octanol–water partition coefficient (Wildman–Crippen LogP) is 20.2. The van der Waals surface area contributed by atoms with Gasteiger partial charge < -0.3 is 34.2 Å². The van der Waals surface area contributed by atoms with Crippen molar-refractivity contribution in [3.8, 4) is 0 Å². The number of ether oxygens (including phenoxy) is 3. The molecule has 0 spiro atoms. The summed E-state index contributed by atoms with van der Waals surface area (Å²) in [6.45, 7) is 2.11. The minimum Gasteiger partial charge on any atom is -0.463 e. The van der Waals surface area contributed by atoms with Gasteiger partial charge in [-0.3, -0.25) is 32.5 Å². The van der Waals surface area contributed by atoms with E-state index in [0.29, 0.717) is 25.7 Å². The second-order valence-electron chi connectivity index (χ2n) is 22.5. The first kappa shape index (κ1) is 91.1. The Morgan fingerprint density at radius 1 is 0.289 bits per heavy atom. The summed E-state index contributed by atoms with van der Waals surface area (Å²) in [7, 11) is -9.85. The van der Waals surface area contributed by atoms with E-state index < -0.39 is 91.5 Å². The number of hydrogen-bond donors (Lipinski definition) is 4. The van der Waals surface area contributed by atoms with Crippen LogP contribution < -0.4 is 0 Å². The standard InChI is InChI=1S/C79H122O16P2/c1-4-7-10-13-16-19-22-25-28-31-34-36-39-41-44-47-50-53-56-59-62-65-77(82)89-68-74(80)69-91-96(85,86)92-70-75(81)71-93-97(87,88)94-73-76(95-79(84)67-64-61-58-55-52-49-46-43-38-33-30-27-24-21-18-15-12-9-6-3)72-90-78(83)66-63-60-57-54-51-48-45-42-40-37-35-32-29-26-23-20-17-14-11-8-5-2/h7-12,16-21,25-30,34-38,41-45,49-50,52-53,58,61,74-76,80-81H,4-6,13-15,22-24,31-33,39-40,46-48,51,54-57,59-60,62-73H2,1-3H3,(H,85,86)(H,87,88)/b10-7-,11-8-,12-9-,19-16-,20-17-,21-18-,28-25-,29-26-,30-27-,36-34-,37-35-,43-38-,44-41-,45-42-,52-49-,53-50-,61-58-. The van der Waals surface area contributed by atoms with Crippen molar-refractivity contribution in [3.05, 3.63) is 207 Å². The van der Waals surface area contributed by atoms with Gasteiger partial charge in [-0.1, -0.05) is 247 Å². The molecule has 0 amide bonds. The molecule has 0 aliphatic heterocycles. The molecule has 544 valence electrons. The Labute approximate surface area is 584 Å². The zero-order valence-corrected chi connectivity index (χ0v) is 60.7. The fourth-order valence-corrected chi connectivity index (χ4v) is 9.80. The van der Waals surface area contributed by atoms with E-state index in [0.717, 1.165) is 148 Å². The van der Waals surface area contributed by atoms with Crippen LogP contribution >= 0.6 is 15.6 Å². The molecule has 0 saturated heterocycles. The zero-order chi connectivity index (χ0) is 70.9. The Bertz CT molecular complexity index is 2590. The number of unbranched alkanes of at least 4 members (excludes halogenated alkanes) is 7. The average molecular weight is 1390 g/mol. The molecule has 5 unspecified atom stereocenters. The van der Waals surface area contributed by atoms with Crippen LogP contribution in [0.4, 0.5) is 0 Å². The second kappa shape index (κ2) is 70.0. The average Bonchev–Trinajstić information content (AvgIpc) is 1.90. The van der Waals surface area contributed by atoms with Crippen LogP contribution in [0.25, 0.3) is 0 Å². The SMILES string of the molecule is CC/C=C\C/C=C\C/C=C\C/C=C\C/C=C\C/C=C\CCCCC(=O)OCC(O)COP(=O)(O)OCC(O)COP(=O)(O)OCC(COC(=O)CCCCCCC/C=C\C/C=C\C/C=C\C/C=C\C/C=C\CC)OC(=O)CC/C=C\C/C=C\C/C=C\C/C=C\C/C=C\C/C=C\CC. The first-order valence-corrected chi connectivity index (χ1v) is 38.4. The van der Waals surface area contributed by atoms with Crippen LogP contribution in [0.1, 0.15) is 213 Å². The van der Waals surface area contributed by atoms with Crippen LogP contribution in [0.5, 0.6) is 0 Å². The van der Waals surface area contributed by atoms with E-state index in [9.17, 15) is 43.5 Å². The Morgan fingerprint density at radius 3 is 0.876 bits per heavy atom. The van der Waals surface area contributed by atoms with Gasteiger partial charge in [0.1, 0.15) is 25.4 Å². The third-order valence-corrected chi connectivity index (χ3v) is 15.4. The molecule has 0 saturated carbocycles. The van der Waals surface area contributed by atoms with E-state index in [1.807, 2.05) is 18.2 Å². The van der Waals surface area contributed by atoms with Crippen LogP contribution in [0, 0.1) is 0 Å². The molecule has 0 aliphatic rings. The van der Waals surface area contributed by atoms with E-state index in [2.05, 4.69) is 209 Å². The topological polar surface area (TPSA) is 231 Å². The molecule has 0 heterocycles. The highest BCUT2D eigenvalue weighted by Gasteiger charge is 2.29. The quantitative estimate of drug-likeness (QED) is 0.0146. The number of aliphatic hydroxyl groups excluding tert-OH is 2. The van der Waals surface area contributed by atoms with Gasteiger partial charge in [-0.25, -0.2) is 9.13 Å². The highest BCUT2D eigenvalue weighted by Crippen LogP contribution is 2.45. The maximum absolute atomic E-state index is 12.9. The van der Waals surface area contributed by atoms with Crippen molar-refractivity contribution < 1.29 is 75.8 Å². The van der Waals surface area contributed by atoms with Gasteiger partial charge in [0.15, 0.2) is 6.10 Å². The fourth-order valence-electron chi connectivity index (χ4n) is 8.21. The number of esters is 3. The van der Waals surface area contributed by atoms with Gasteiger partial charge in [-0.2, -0.15) is 0 Å². The van der Waals surface area contributed by atoms with E-state index in [-0.39, 0.29) is 19.3 Å². The summed E-state index contributed by atoms with van der Waals surface area (Å²) in [5, 5.41) is 20.6. The normalized spacial score (nSPS) is 15.3. The van der Waals surface area contributed by atoms with Crippen molar-refractivity contribution in [1.82, 2.24) is 0 Å². The summed E-state index contributed by atoms with van der Waals surface area (Å²) in [6.07, 6.45) is 91.8. The van der Waals surface area contributed by atoms with Crippen molar-refractivity contribution in [3.63, 3.8) is 0 Å². The molecule has 0 fully saturated rings. The lowest BCUT2D eigenvalue weighted by molar-refractivity contribution is -0.161. The van der Waals surface area contributed by atoms with E-state index in [4.69, 9.17) is 32.3 Å². The van der Waals surface area contributed by atoms with Gasteiger partial charge in [0, 0.05) is 19.3 Å². The first-order valence-electron chi connectivity index (χ1n) is 35.4. The van der Waals surface area contributed by atoms with Crippen molar-refractivity contribution in [2.45, 2.75) is 232 Å². The number of carbonyl (C=O) groups excluding carboxylic acids is 3. The van der Waals surface area contributed by atoms with E-state index in [1.54, 1.807) is 0 Å². The second-order valence-corrected chi connectivity index (χ2v) is 25.4. The van der Waals surface area contributed by atoms with Crippen molar-refractivity contribution in [1.29, 1.82) is 0 Å². The monoisotopic (exact) mass is 1390 g/mol. The van der Waals surface area contributed by atoms with Gasteiger partial charge in [0.2, 0.25) is 0 Å². The largest absolute Gasteiger partial charge is 0.472 e. The molecule has 5 atom stereocenters. The fraction of sp³-hybridized carbons (Fsp3) is 0.532. The minimum absolute atomic E-state index is 0.0364. The Morgan fingerprint density at radius 2 is 0.536 bits per heavy atom. The lowest BCUT2D eigenvalue weighted by atomic mass is 10.1. The summed E-state index contributed by atoms with van der Waals surface area (Å²) in [6, 6.07) is 0. The molecule has 0 rings (SSSR count). The van der Waals surface area contributed by atoms with Crippen LogP contribution in [0.2, 0.25) is 0 Å². The number of phosphoric acid groups is 2. The molecule has 4 N–H and O–H groups in total. The molecule has 97 heavy (non-hydrogen) atoms. The van der Waals surface area contributed by atoms with Crippen LogP contribution in [0.15, 0.2) is 207 Å². The lowest BCUT2D eigenvalue weighted by Gasteiger charge is -2.21. The molecule has 16 nitrogen and oxygen atoms in total. The number of rotatable bonds is 64. The molecule has 0 aliphatic carbocycles. The highest BCUT2D eigenvalue weighted by atomic mass is 31.2. The van der Waals surface area contributed by atoms with Gasteiger partial charge >= 0.3 is 33.6 Å². The summed E-state index contributed by atoms with van der Waals surface area (Å²) in [5.41, 5.74) is 0. The molecule has 0 aromatic heterocycles. The summed E-state index contributed by atoms with van der Waals surface area (Å²) < 4.78 is 60.8. The molecule has 0 aromatic rings. The smallest absolute Gasteiger partial charge is 0.463 e. The maximum Gasteiger partial charge on any atom is 0.472 e. The molecule has 0 radical (unpaired) electrons. The summed E-state index contributed by atoms with van der Waals surface area (Å²) in [5.74, 6) is -1.76. The highest BCUT2D eigenvalue weighted by molar-refractivity contribution is 7.47. The third kappa shape index (κ3) is 71.2. The number of allylic oxidation sites excluding steroid dienone is 34. The molecular formula is C79H122O16P2. The Kier molecular flexibility index (Phi) is 65.8. The Hall–Kier alpha value is -5.87. The molecular weight excluding hydrogens is 1270 g/mol. The van der Waals surface area contributed by atoms with Gasteiger partial charge in [0.05, 0.1) is 26.4 Å². The van der Waals surface area contributed by atoms with Crippen LogP contribution in [-0.2, 0) is 55.8 Å². The number of carbonyl (C=O) groups is 3. The van der Waals surface area contributed by atoms with Gasteiger partial charge in [-0.05, 0) is 154 Å². The minimum atomic E-state index is -4.97. The van der Waals surface area contributed by atoms with E-state index in [1.165, 1.54) is 0 Å². The molecule has 0 aromatic carbocycles. The molecule has 18 heteroatoms. The van der Waals surface area contributed by atoms with E-state index >= 15 is 0 Å². The number of hydrogen-bond acceptors (Lipinski definition) is 14. The van der Waals surface area contributed by atoms with Crippen molar-refractivity contribution >= 4 is 33.6 Å². The van der Waals surface area contributed by atoms with Crippen molar-refractivity contribution in [2.75, 3.05) is 39.6 Å². The number of phosphoric ester groups is 2.